The molecule has 0 unspecified atom stereocenters. The molecule has 0 bridgehead atoms. The van der Waals surface area contributed by atoms with Crippen molar-refractivity contribution in [3.05, 3.63) is 164 Å². The van der Waals surface area contributed by atoms with Crippen molar-refractivity contribution < 1.29 is 4.42 Å². The van der Waals surface area contributed by atoms with Gasteiger partial charge in [0.2, 0.25) is 0 Å². The highest BCUT2D eigenvalue weighted by Gasteiger charge is 2.18. The molecular weight excluding hydrogens is 591 g/mol. The first-order valence-electron chi connectivity index (χ1n) is 15.9. The Labute approximate surface area is 275 Å². The monoisotopic (exact) mass is 617 g/mol. The fourth-order valence-electron chi connectivity index (χ4n) is 7.20. The number of anilines is 3. The van der Waals surface area contributed by atoms with Gasteiger partial charge in [0.1, 0.15) is 11.2 Å². The molecule has 47 heavy (non-hydrogen) atoms. The molecule has 0 saturated heterocycles. The minimum atomic E-state index is 0.935. The number of thiophene rings is 1. The van der Waals surface area contributed by atoms with Crippen LogP contribution in [0.15, 0.2) is 168 Å². The zero-order chi connectivity index (χ0) is 30.9. The zero-order valence-electron chi connectivity index (χ0n) is 25.4. The Balaban J connectivity index is 1.11. The molecule has 0 spiro atoms. The molecule has 0 aliphatic heterocycles. The largest absolute Gasteiger partial charge is 0.455 e. The second kappa shape index (κ2) is 10.3. The minimum absolute atomic E-state index is 0.935. The maximum Gasteiger partial charge on any atom is 0.144 e. The topological polar surface area (TPSA) is 16.4 Å². The highest BCUT2D eigenvalue weighted by atomic mass is 32.1. The van der Waals surface area contributed by atoms with Gasteiger partial charge in [0, 0.05) is 48.0 Å². The number of hydrogen-bond acceptors (Lipinski definition) is 3. The molecule has 10 aromatic rings. The van der Waals surface area contributed by atoms with Gasteiger partial charge in [-0.3, -0.25) is 0 Å². The number of para-hydroxylation sites is 1. The van der Waals surface area contributed by atoms with Crippen molar-refractivity contribution in [3.8, 4) is 11.1 Å². The first kappa shape index (κ1) is 26.3. The van der Waals surface area contributed by atoms with Crippen LogP contribution < -0.4 is 4.90 Å². The van der Waals surface area contributed by atoms with E-state index in [-0.39, 0.29) is 0 Å². The molecular formula is C44H27NOS. The summed E-state index contributed by atoms with van der Waals surface area (Å²) in [6.45, 7) is 0. The molecule has 0 radical (unpaired) electrons. The van der Waals surface area contributed by atoms with Gasteiger partial charge in [-0.05, 0) is 93.3 Å². The summed E-state index contributed by atoms with van der Waals surface area (Å²) in [5, 5.41) is 9.70. The quantitative estimate of drug-likeness (QED) is 0.195. The average Bonchev–Trinajstić information content (AvgIpc) is 3.68. The Bertz CT molecular complexity index is 2790. The molecule has 220 valence electrons. The van der Waals surface area contributed by atoms with Crippen molar-refractivity contribution >= 4 is 92.1 Å². The van der Waals surface area contributed by atoms with Crippen LogP contribution in [-0.4, -0.2) is 0 Å². The van der Waals surface area contributed by atoms with E-state index in [1.54, 1.807) is 0 Å². The summed E-state index contributed by atoms with van der Waals surface area (Å²) < 4.78 is 9.10. The van der Waals surface area contributed by atoms with Gasteiger partial charge < -0.3 is 9.32 Å². The van der Waals surface area contributed by atoms with E-state index in [1.165, 1.54) is 63.6 Å². The molecule has 0 fully saturated rings. The van der Waals surface area contributed by atoms with Gasteiger partial charge in [-0.1, -0.05) is 103 Å². The smallest absolute Gasteiger partial charge is 0.144 e. The molecule has 0 N–H and O–H groups in total. The minimum Gasteiger partial charge on any atom is -0.455 e. The van der Waals surface area contributed by atoms with Crippen LogP contribution in [0.1, 0.15) is 0 Å². The van der Waals surface area contributed by atoms with E-state index < -0.39 is 0 Å². The molecule has 3 heteroatoms. The predicted molar refractivity (Wildman–Crippen MR) is 202 cm³/mol. The highest BCUT2D eigenvalue weighted by Crippen LogP contribution is 2.45. The SMILES string of the molecule is c1ccc(N(c2ccc(-c3cccc4ccccc34)cc2)c2ccc3c(c2)sc2ccc4c5cc6ccccc6cc5oc4c23)cc1. The Morgan fingerprint density at radius 2 is 1.11 bits per heavy atom. The second-order valence-corrected chi connectivity index (χ2v) is 13.2. The van der Waals surface area contributed by atoms with E-state index in [4.69, 9.17) is 4.42 Å². The van der Waals surface area contributed by atoms with Gasteiger partial charge >= 0.3 is 0 Å². The fourth-order valence-corrected chi connectivity index (χ4v) is 8.34. The molecule has 8 aromatic carbocycles. The van der Waals surface area contributed by atoms with Crippen molar-refractivity contribution in [1.29, 1.82) is 0 Å². The standard InChI is InChI=1S/C44H27NOS/c1-2-13-32(14-3-1)45(33-19-17-29(18-20-33)36-16-8-12-28-9-6-7-15-35(28)36)34-21-22-38-42(27-34)47-41-24-23-37-39-25-30-10-4-5-11-31(30)26-40(39)46-44(37)43(38)41/h1-27H. The lowest BCUT2D eigenvalue weighted by Gasteiger charge is -2.25. The first-order chi connectivity index (χ1) is 23.3. The van der Waals surface area contributed by atoms with Gasteiger partial charge in [-0.2, -0.15) is 0 Å². The van der Waals surface area contributed by atoms with Gasteiger partial charge in [0.15, 0.2) is 0 Å². The lowest BCUT2D eigenvalue weighted by molar-refractivity contribution is 0.673. The lowest BCUT2D eigenvalue weighted by Crippen LogP contribution is -2.09. The number of furan rings is 1. The summed E-state index contributed by atoms with van der Waals surface area (Å²) in [6, 6.07) is 59.0. The summed E-state index contributed by atoms with van der Waals surface area (Å²) in [4.78, 5) is 2.35. The van der Waals surface area contributed by atoms with Crippen molar-refractivity contribution in [2.24, 2.45) is 0 Å². The molecule has 0 aliphatic carbocycles. The molecule has 2 heterocycles. The Hall–Kier alpha value is -5.90. The predicted octanol–water partition coefficient (Wildman–Crippen LogP) is 13.4. The van der Waals surface area contributed by atoms with Gasteiger partial charge in [0.05, 0.1) is 0 Å². The van der Waals surface area contributed by atoms with E-state index in [2.05, 4.69) is 169 Å². The summed E-state index contributed by atoms with van der Waals surface area (Å²) in [5.74, 6) is 0. The average molecular weight is 618 g/mol. The summed E-state index contributed by atoms with van der Waals surface area (Å²) >= 11 is 1.83. The first-order valence-corrected chi connectivity index (χ1v) is 16.7. The van der Waals surface area contributed by atoms with E-state index in [0.29, 0.717) is 0 Å². The van der Waals surface area contributed by atoms with E-state index >= 15 is 0 Å². The van der Waals surface area contributed by atoms with Gasteiger partial charge in [0.25, 0.3) is 0 Å². The van der Waals surface area contributed by atoms with Crippen LogP contribution in [0, 0.1) is 0 Å². The van der Waals surface area contributed by atoms with Crippen molar-refractivity contribution in [1.82, 2.24) is 0 Å². The number of benzene rings is 8. The third-order valence-electron chi connectivity index (χ3n) is 9.42. The Morgan fingerprint density at radius 1 is 0.426 bits per heavy atom. The Morgan fingerprint density at radius 3 is 1.96 bits per heavy atom. The molecule has 2 aromatic heterocycles. The van der Waals surface area contributed by atoms with Gasteiger partial charge in [-0.15, -0.1) is 11.3 Å². The summed E-state index contributed by atoms with van der Waals surface area (Å²) in [6.07, 6.45) is 0. The van der Waals surface area contributed by atoms with Crippen LogP contribution in [0.5, 0.6) is 0 Å². The van der Waals surface area contributed by atoms with Crippen LogP contribution >= 0.6 is 11.3 Å². The van der Waals surface area contributed by atoms with E-state index in [0.717, 1.165) is 28.2 Å². The van der Waals surface area contributed by atoms with E-state index in [9.17, 15) is 0 Å². The van der Waals surface area contributed by atoms with Crippen molar-refractivity contribution in [2.45, 2.75) is 0 Å². The number of rotatable bonds is 4. The number of hydrogen-bond donors (Lipinski definition) is 0. The summed E-state index contributed by atoms with van der Waals surface area (Å²) in [7, 11) is 0. The summed E-state index contributed by atoms with van der Waals surface area (Å²) in [5.41, 5.74) is 7.73. The maximum absolute atomic E-state index is 6.63. The van der Waals surface area contributed by atoms with Crippen LogP contribution in [0.3, 0.4) is 0 Å². The third-order valence-corrected chi connectivity index (χ3v) is 10.5. The molecule has 0 atom stereocenters. The fraction of sp³-hybridized carbons (Fsp3) is 0. The van der Waals surface area contributed by atoms with Crippen LogP contribution in [0.4, 0.5) is 17.1 Å². The van der Waals surface area contributed by atoms with Crippen LogP contribution in [0.2, 0.25) is 0 Å². The zero-order valence-corrected chi connectivity index (χ0v) is 26.2. The lowest BCUT2D eigenvalue weighted by atomic mass is 9.98. The van der Waals surface area contributed by atoms with Crippen molar-refractivity contribution in [3.63, 3.8) is 0 Å². The molecule has 0 saturated carbocycles. The second-order valence-electron chi connectivity index (χ2n) is 12.1. The highest BCUT2D eigenvalue weighted by molar-refractivity contribution is 7.26. The van der Waals surface area contributed by atoms with E-state index in [1.807, 2.05) is 11.3 Å². The number of fused-ring (bicyclic) bond motifs is 9. The molecule has 0 aliphatic rings. The molecule has 10 rings (SSSR count). The van der Waals surface area contributed by atoms with Crippen molar-refractivity contribution in [2.75, 3.05) is 4.90 Å². The van der Waals surface area contributed by atoms with Crippen LogP contribution in [0.25, 0.3) is 74.8 Å². The van der Waals surface area contributed by atoms with Crippen LogP contribution in [-0.2, 0) is 0 Å². The number of nitrogens with zero attached hydrogens (tertiary/aromatic N) is 1. The molecule has 0 amide bonds. The van der Waals surface area contributed by atoms with Gasteiger partial charge in [-0.25, -0.2) is 0 Å². The maximum atomic E-state index is 6.63. The molecule has 2 nitrogen and oxygen atoms in total. The third kappa shape index (κ3) is 4.17. The normalized spacial score (nSPS) is 11.8. The Kier molecular flexibility index (Phi) is 5.78.